The van der Waals surface area contributed by atoms with Gasteiger partial charge in [0.25, 0.3) is 5.56 Å². The molecule has 0 radical (unpaired) electrons. The van der Waals surface area contributed by atoms with E-state index in [2.05, 4.69) is 25.8 Å². The number of aromatic nitrogens is 3. The molecule has 3 aromatic rings. The van der Waals surface area contributed by atoms with E-state index in [-0.39, 0.29) is 11.2 Å². The number of H-pyrrole nitrogens is 1. The monoisotopic (exact) mass is 396 g/mol. The van der Waals surface area contributed by atoms with Gasteiger partial charge >= 0.3 is 5.69 Å². The molecule has 0 unspecified atom stereocenters. The summed E-state index contributed by atoms with van der Waals surface area (Å²) in [6.45, 7) is 6.37. The second-order valence-corrected chi connectivity index (χ2v) is 7.85. The maximum absolute atomic E-state index is 12.4. The van der Waals surface area contributed by atoms with Crippen molar-refractivity contribution in [3.63, 3.8) is 0 Å². The molecule has 0 spiro atoms. The van der Waals surface area contributed by atoms with Gasteiger partial charge in [-0.15, -0.1) is 11.3 Å². The van der Waals surface area contributed by atoms with Crippen LogP contribution in [0.3, 0.4) is 0 Å². The Hall–Kier alpha value is -2.96. The Morgan fingerprint density at radius 2 is 2.04 bits per heavy atom. The molecule has 1 N–H and O–H groups in total. The van der Waals surface area contributed by atoms with Crippen LogP contribution >= 0.6 is 11.3 Å². The molecule has 0 saturated carbocycles. The maximum Gasteiger partial charge on any atom is 0.329 e. The van der Waals surface area contributed by atoms with E-state index in [1.54, 1.807) is 19.2 Å². The van der Waals surface area contributed by atoms with E-state index in [9.17, 15) is 9.59 Å². The number of nitriles is 1. The molecule has 8 nitrogen and oxygen atoms in total. The summed E-state index contributed by atoms with van der Waals surface area (Å²) >= 11 is 1.47. The highest BCUT2D eigenvalue weighted by molar-refractivity contribution is 7.18. The summed E-state index contributed by atoms with van der Waals surface area (Å²) in [5.74, 6) is 0.887. The number of aromatic amines is 1. The number of anilines is 1. The van der Waals surface area contributed by atoms with Crippen LogP contribution in [0, 0.1) is 11.3 Å². The van der Waals surface area contributed by atoms with Crippen molar-refractivity contribution in [2.24, 2.45) is 0 Å². The molecule has 4 heterocycles. The number of fused-ring (bicyclic) bond motifs is 1. The minimum Gasteiger partial charge on any atom is -0.354 e. The minimum absolute atomic E-state index is 0.222. The summed E-state index contributed by atoms with van der Waals surface area (Å²) in [4.78, 5) is 37.8. The molecular weight excluding hydrogens is 376 g/mol. The Kier molecular flexibility index (Phi) is 4.98. The van der Waals surface area contributed by atoms with Gasteiger partial charge in [-0.25, -0.2) is 9.78 Å². The summed E-state index contributed by atoms with van der Waals surface area (Å²) < 4.78 is 1.22. The maximum atomic E-state index is 12.4. The number of rotatable bonds is 4. The van der Waals surface area contributed by atoms with Crippen molar-refractivity contribution < 1.29 is 0 Å². The number of hydrogen-bond acceptors (Lipinski definition) is 7. The first-order chi connectivity index (χ1) is 13.6. The average Bonchev–Trinajstić information content (AvgIpc) is 3.11. The number of piperazine rings is 1. The molecule has 0 aliphatic carbocycles. The van der Waals surface area contributed by atoms with Gasteiger partial charge in [0, 0.05) is 50.3 Å². The summed E-state index contributed by atoms with van der Waals surface area (Å²) in [5.41, 5.74) is -0.00952. The van der Waals surface area contributed by atoms with E-state index in [0.29, 0.717) is 22.3 Å². The van der Waals surface area contributed by atoms with E-state index < -0.39 is 0 Å². The minimum atomic E-state index is -0.350. The van der Waals surface area contributed by atoms with Gasteiger partial charge in [0.15, 0.2) is 0 Å². The van der Waals surface area contributed by atoms with Crippen molar-refractivity contribution in [1.82, 2.24) is 19.4 Å². The topological polar surface area (TPSA) is 98.0 Å². The zero-order valence-electron chi connectivity index (χ0n) is 15.5. The molecule has 0 bridgehead atoms. The second-order valence-electron chi connectivity index (χ2n) is 6.72. The van der Waals surface area contributed by atoms with Gasteiger partial charge in [-0.2, -0.15) is 5.26 Å². The molecule has 1 aliphatic rings. The molecule has 9 heteroatoms. The highest BCUT2D eigenvalue weighted by Crippen LogP contribution is 2.23. The molecule has 0 aromatic carbocycles. The third-order valence-electron chi connectivity index (χ3n) is 4.99. The molecule has 0 amide bonds. The zero-order chi connectivity index (χ0) is 19.7. The van der Waals surface area contributed by atoms with Crippen molar-refractivity contribution in [3.8, 4) is 6.07 Å². The van der Waals surface area contributed by atoms with Crippen LogP contribution in [0.15, 0.2) is 34.0 Å². The fourth-order valence-corrected chi connectivity index (χ4v) is 4.54. The standard InChI is InChI=1S/C19H20N6O2S/c1-2-25-18(26)15-9-14(28-17(15)22-19(25)27)12-23-5-7-24(8-6-23)16-4-3-13(10-20)11-21-16/h3-4,9,11H,2,5-8,12H2,1H3,(H,22,27). The summed E-state index contributed by atoms with van der Waals surface area (Å²) in [5, 5.41) is 9.46. The molecule has 1 fully saturated rings. The predicted molar refractivity (Wildman–Crippen MR) is 109 cm³/mol. The molecule has 0 atom stereocenters. The first-order valence-electron chi connectivity index (χ1n) is 9.18. The number of pyridine rings is 1. The lowest BCUT2D eigenvalue weighted by Gasteiger charge is -2.35. The van der Waals surface area contributed by atoms with Crippen LogP contribution in [0.4, 0.5) is 5.82 Å². The molecule has 1 saturated heterocycles. The smallest absolute Gasteiger partial charge is 0.329 e. The highest BCUT2D eigenvalue weighted by atomic mass is 32.1. The van der Waals surface area contributed by atoms with Crippen LogP contribution < -0.4 is 16.1 Å². The van der Waals surface area contributed by atoms with Gasteiger partial charge in [0.05, 0.1) is 10.9 Å². The van der Waals surface area contributed by atoms with Crippen LogP contribution in [0.5, 0.6) is 0 Å². The van der Waals surface area contributed by atoms with Gasteiger partial charge in [-0.3, -0.25) is 19.2 Å². The Labute approximate surface area is 165 Å². The quantitative estimate of drug-likeness (QED) is 0.715. The zero-order valence-corrected chi connectivity index (χ0v) is 16.3. The molecule has 28 heavy (non-hydrogen) atoms. The Bertz CT molecular complexity index is 1150. The van der Waals surface area contributed by atoms with Crippen LogP contribution in [-0.2, 0) is 13.1 Å². The fraction of sp³-hybridized carbons (Fsp3) is 0.368. The lowest BCUT2D eigenvalue weighted by atomic mass is 10.2. The first kappa shape index (κ1) is 18.4. The lowest BCUT2D eigenvalue weighted by molar-refractivity contribution is 0.251. The number of thiophene rings is 1. The van der Waals surface area contributed by atoms with Gasteiger partial charge in [-0.1, -0.05) is 0 Å². The molecule has 3 aromatic heterocycles. The third kappa shape index (κ3) is 3.44. The lowest BCUT2D eigenvalue weighted by Crippen LogP contribution is -2.46. The van der Waals surface area contributed by atoms with E-state index in [1.807, 2.05) is 12.1 Å². The van der Waals surface area contributed by atoms with Crippen LogP contribution in [0.1, 0.15) is 17.4 Å². The predicted octanol–water partition coefficient (Wildman–Crippen LogP) is 1.36. The van der Waals surface area contributed by atoms with E-state index >= 15 is 0 Å². The Morgan fingerprint density at radius 3 is 2.68 bits per heavy atom. The summed E-state index contributed by atoms with van der Waals surface area (Å²) in [6, 6.07) is 7.66. The van der Waals surface area contributed by atoms with Crippen LogP contribution in [0.25, 0.3) is 10.2 Å². The molecule has 144 valence electrons. The average molecular weight is 396 g/mol. The van der Waals surface area contributed by atoms with Crippen molar-refractivity contribution in [2.45, 2.75) is 20.0 Å². The van der Waals surface area contributed by atoms with E-state index in [1.165, 1.54) is 15.9 Å². The summed E-state index contributed by atoms with van der Waals surface area (Å²) in [7, 11) is 0. The highest BCUT2D eigenvalue weighted by Gasteiger charge is 2.19. The fourth-order valence-electron chi connectivity index (χ4n) is 3.46. The normalized spacial score (nSPS) is 15.1. The Morgan fingerprint density at radius 1 is 1.25 bits per heavy atom. The van der Waals surface area contributed by atoms with Crippen molar-refractivity contribution in [1.29, 1.82) is 5.26 Å². The van der Waals surface area contributed by atoms with Crippen LogP contribution in [0.2, 0.25) is 0 Å². The largest absolute Gasteiger partial charge is 0.354 e. The summed E-state index contributed by atoms with van der Waals surface area (Å²) in [6.07, 6.45) is 1.60. The van der Waals surface area contributed by atoms with E-state index in [4.69, 9.17) is 5.26 Å². The Balaban J connectivity index is 1.45. The van der Waals surface area contributed by atoms with E-state index in [0.717, 1.165) is 43.4 Å². The van der Waals surface area contributed by atoms with Gasteiger partial charge < -0.3 is 4.90 Å². The van der Waals surface area contributed by atoms with Gasteiger partial charge in [-0.05, 0) is 25.1 Å². The van der Waals surface area contributed by atoms with Crippen LogP contribution in [-0.4, -0.2) is 45.6 Å². The van der Waals surface area contributed by atoms with Crippen molar-refractivity contribution in [3.05, 3.63) is 55.7 Å². The molecule has 1 aliphatic heterocycles. The number of nitrogens with one attached hydrogen (secondary N) is 1. The molecule has 4 rings (SSSR count). The SMILES string of the molecule is CCn1c(=O)[nH]c2sc(CN3CCN(c4ccc(C#N)cn4)CC3)cc2c1=O. The number of hydrogen-bond donors (Lipinski definition) is 1. The first-order valence-corrected chi connectivity index (χ1v) is 9.99. The second kappa shape index (κ2) is 7.58. The van der Waals surface area contributed by atoms with Gasteiger partial charge in [0.2, 0.25) is 0 Å². The molecular formula is C19H20N6O2S. The third-order valence-corrected chi connectivity index (χ3v) is 6.03. The number of nitrogens with zero attached hydrogens (tertiary/aromatic N) is 5. The van der Waals surface area contributed by atoms with Crippen molar-refractivity contribution >= 4 is 27.4 Å². The van der Waals surface area contributed by atoms with Crippen molar-refractivity contribution in [2.75, 3.05) is 31.1 Å². The van der Waals surface area contributed by atoms with Gasteiger partial charge in [0.1, 0.15) is 16.7 Å².